The number of benzene rings is 2. The van der Waals surface area contributed by atoms with Gasteiger partial charge in [-0.15, -0.1) is 0 Å². The molecule has 1 unspecified atom stereocenters. The first-order chi connectivity index (χ1) is 12.3. The molecule has 2 aromatic rings. The maximum absolute atomic E-state index is 12.1. The number of rotatable bonds is 3. The molecule has 0 aromatic heterocycles. The number of ether oxygens (including phenoxy) is 1. The van der Waals surface area contributed by atoms with Gasteiger partial charge in [-0.25, -0.2) is 4.79 Å². The molecule has 2 aliphatic rings. The molecular weight excluding hydrogens is 312 g/mol. The summed E-state index contributed by atoms with van der Waals surface area (Å²) in [6, 6.07) is 16.0. The zero-order valence-electron chi connectivity index (χ0n) is 14.4. The first-order valence-electron chi connectivity index (χ1n) is 9.18. The molecule has 0 bridgehead atoms. The lowest BCUT2D eigenvalue weighted by Crippen LogP contribution is -2.37. The highest BCUT2D eigenvalue weighted by Crippen LogP contribution is 2.29. The van der Waals surface area contributed by atoms with Crippen LogP contribution in [0.1, 0.15) is 30.4 Å². The predicted octanol–water partition coefficient (Wildman–Crippen LogP) is 4.25. The number of aryl methyl sites for hydroxylation is 1. The molecule has 1 atom stereocenters. The van der Waals surface area contributed by atoms with Crippen LogP contribution in [-0.4, -0.2) is 30.1 Å². The number of hydrogen-bond acceptors (Lipinski definition) is 3. The Morgan fingerprint density at radius 3 is 2.64 bits per heavy atom. The van der Waals surface area contributed by atoms with Gasteiger partial charge in [-0.2, -0.15) is 0 Å². The number of amides is 1. The predicted molar refractivity (Wildman–Crippen MR) is 99.2 cm³/mol. The van der Waals surface area contributed by atoms with Crippen molar-refractivity contribution < 1.29 is 9.53 Å². The quantitative estimate of drug-likeness (QED) is 0.911. The standard InChI is InChI=1S/C21H24N2O2/c24-21(25-20-6-2-1-3-7-20)22-18-10-8-16-9-11-19(15-17(16)14-18)23-12-4-5-13-23/h1-3,6-8,10,14,19H,4-5,9,11-13,15H2,(H,22,24). The van der Waals surface area contributed by atoms with Crippen LogP contribution in [0.15, 0.2) is 48.5 Å². The Balaban J connectivity index is 1.42. The molecule has 0 saturated carbocycles. The van der Waals surface area contributed by atoms with Crippen LogP contribution in [0.3, 0.4) is 0 Å². The molecule has 4 nitrogen and oxygen atoms in total. The molecule has 1 amide bonds. The van der Waals surface area contributed by atoms with Crippen molar-refractivity contribution in [3.8, 4) is 5.75 Å². The SMILES string of the molecule is O=C(Nc1ccc2c(c1)CC(N1CCCC1)CC2)Oc1ccccc1. The third kappa shape index (κ3) is 3.85. The van der Waals surface area contributed by atoms with Crippen molar-refractivity contribution in [1.29, 1.82) is 0 Å². The van der Waals surface area contributed by atoms with Gasteiger partial charge in [0.05, 0.1) is 0 Å². The van der Waals surface area contributed by atoms with E-state index in [0.717, 1.165) is 18.5 Å². The van der Waals surface area contributed by atoms with E-state index in [-0.39, 0.29) is 0 Å². The number of fused-ring (bicyclic) bond motifs is 1. The fourth-order valence-electron chi connectivity index (χ4n) is 3.97. The molecule has 0 radical (unpaired) electrons. The molecular formula is C21H24N2O2. The van der Waals surface area contributed by atoms with Crippen LogP contribution >= 0.6 is 0 Å². The minimum Gasteiger partial charge on any atom is -0.410 e. The largest absolute Gasteiger partial charge is 0.417 e. The number of carbonyl (C=O) groups is 1. The number of likely N-dealkylation sites (tertiary alicyclic amines) is 1. The maximum atomic E-state index is 12.1. The lowest BCUT2D eigenvalue weighted by molar-refractivity contribution is 0.215. The van der Waals surface area contributed by atoms with E-state index in [4.69, 9.17) is 4.74 Å². The molecule has 1 N–H and O–H groups in total. The third-order valence-corrected chi connectivity index (χ3v) is 5.27. The molecule has 1 aliphatic carbocycles. The summed E-state index contributed by atoms with van der Waals surface area (Å²) in [5, 5.41) is 2.85. The molecule has 2 aromatic carbocycles. The van der Waals surface area contributed by atoms with Crippen molar-refractivity contribution in [2.45, 2.75) is 38.1 Å². The molecule has 130 valence electrons. The summed E-state index contributed by atoms with van der Waals surface area (Å²) in [4.78, 5) is 14.7. The molecule has 1 aliphatic heterocycles. The highest BCUT2D eigenvalue weighted by molar-refractivity contribution is 5.86. The van der Waals surface area contributed by atoms with Gasteiger partial charge in [0.25, 0.3) is 0 Å². The summed E-state index contributed by atoms with van der Waals surface area (Å²) >= 11 is 0. The van der Waals surface area contributed by atoms with E-state index in [9.17, 15) is 4.79 Å². The van der Waals surface area contributed by atoms with Gasteiger partial charge in [-0.1, -0.05) is 24.3 Å². The van der Waals surface area contributed by atoms with E-state index < -0.39 is 6.09 Å². The molecule has 4 rings (SSSR count). The zero-order valence-corrected chi connectivity index (χ0v) is 14.4. The van der Waals surface area contributed by atoms with E-state index in [2.05, 4.69) is 22.3 Å². The highest BCUT2D eigenvalue weighted by atomic mass is 16.6. The molecule has 1 fully saturated rings. The molecule has 25 heavy (non-hydrogen) atoms. The minimum absolute atomic E-state index is 0.446. The van der Waals surface area contributed by atoms with E-state index in [0.29, 0.717) is 11.8 Å². The topological polar surface area (TPSA) is 41.6 Å². The van der Waals surface area contributed by atoms with Gasteiger partial charge in [0.2, 0.25) is 0 Å². The van der Waals surface area contributed by atoms with Crippen molar-refractivity contribution in [2.24, 2.45) is 0 Å². The molecule has 0 spiro atoms. The fourth-order valence-corrected chi connectivity index (χ4v) is 3.97. The van der Waals surface area contributed by atoms with Crippen LogP contribution < -0.4 is 10.1 Å². The van der Waals surface area contributed by atoms with Gasteiger partial charge < -0.3 is 9.64 Å². The lowest BCUT2D eigenvalue weighted by atomic mass is 9.87. The number of para-hydroxylation sites is 1. The summed E-state index contributed by atoms with van der Waals surface area (Å²) in [7, 11) is 0. The van der Waals surface area contributed by atoms with Crippen LogP contribution in [0.25, 0.3) is 0 Å². The molecule has 1 saturated heterocycles. The van der Waals surface area contributed by atoms with E-state index in [1.807, 2.05) is 24.3 Å². The summed E-state index contributed by atoms with van der Waals surface area (Å²) in [6.07, 6.45) is 5.67. The van der Waals surface area contributed by atoms with E-state index in [1.54, 1.807) is 12.1 Å². The van der Waals surface area contributed by atoms with Crippen molar-refractivity contribution in [3.63, 3.8) is 0 Å². The second kappa shape index (κ2) is 7.28. The van der Waals surface area contributed by atoms with E-state index in [1.165, 1.54) is 43.5 Å². The van der Waals surface area contributed by atoms with Crippen molar-refractivity contribution in [2.75, 3.05) is 18.4 Å². The lowest BCUT2D eigenvalue weighted by Gasteiger charge is -2.32. The Bertz CT molecular complexity index is 739. The minimum atomic E-state index is -0.446. The Morgan fingerprint density at radius 1 is 1.04 bits per heavy atom. The summed E-state index contributed by atoms with van der Waals surface area (Å²) in [6.45, 7) is 2.47. The number of anilines is 1. The Labute approximate surface area is 148 Å². The monoisotopic (exact) mass is 336 g/mol. The van der Waals surface area contributed by atoms with Gasteiger partial charge in [-0.3, -0.25) is 5.32 Å². The first-order valence-corrected chi connectivity index (χ1v) is 9.18. The number of hydrogen-bond donors (Lipinski definition) is 1. The third-order valence-electron chi connectivity index (χ3n) is 5.27. The normalized spacial score (nSPS) is 20.1. The smallest absolute Gasteiger partial charge is 0.410 e. The number of nitrogens with one attached hydrogen (secondary N) is 1. The Morgan fingerprint density at radius 2 is 1.84 bits per heavy atom. The first kappa shape index (κ1) is 16.2. The van der Waals surface area contributed by atoms with Crippen molar-refractivity contribution >= 4 is 11.8 Å². The maximum Gasteiger partial charge on any atom is 0.417 e. The molecule has 4 heteroatoms. The zero-order chi connectivity index (χ0) is 17.1. The highest BCUT2D eigenvalue weighted by Gasteiger charge is 2.26. The van der Waals surface area contributed by atoms with Gasteiger partial charge in [0, 0.05) is 11.7 Å². The van der Waals surface area contributed by atoms with Gasteiger partial charge in [0.1, 0.15) is 5.75 Å². The number of carbonyl (C=O) groups excluding carboxylic acids is 1. The van der Waals surface area contributed by atoms with E-state index >= 15 is 0 Å². The van der Waals surface area contributed by atoms with Crippen LogP contribution in [-0.2, 0) is 12.8 Å². The Kier molecular flexibility index (Phi) is 4.70. The summed E-state index contributed by atoms with van der Waals surface area (Å²) in [5.41, 5.74) is 3.58. The summed E-state index contributed by atoms with van der Waals surface area (Å²) < 4.78 is 5.31. The second-order valence-electron chi connectivity index (χ2n) is 6.95. The summed E-state index contributed by atoms with van der Waals surface area (Å²) in [5.74, 6) is 0.548. The Hall–Kier alpha value is -2.33. The van der Waals surface area contributed by atoms with Crippen LogP contribution in [0.2, 0.25) is 0 Å². The second-order valence-corrected chi connectivity index (χ2v) is 6.95. The number of nitrogens with zero attached hydrogens (tertiary/aromatic N) is 1. The molecule has 1 heterocycles. The van der Waals surface area contributed by atoms with Crippen molar-refractivity contribution in [3.05, 3.63) is 59.7 Å². The van der Waals surface area contributed by atoms with Crippen LogP contribution in [0.4, 0.5) is 10.5 Å². The van der Waals surface area contributed by atoms with Gasteiger partial charge in [0.15, 0.2) is 0 Å². The van der Waals surface area contributed by atoms with Gasteiger partial charge >= 0.3 is 6.09 Å². The average Bonchev–Trinajstić information content (AvgIpc) is 3.16. The van der Waals surface area contributed by atoms with Crippen molar-refractivity contribution in [1.82, 2.24) is 4.90 Å². The average molecular weight is 336 g/mol. The van der Waals surface area contributed by atoms with Crippen LogP contribution in [0, 0.1) is 0 Å². The van der Waals surface area contributed by atoms with Crippen LogP contribution in [0.5, 0.6) is 5.75 Å². The fraction of sp³-hybridized carbons (Fsp3) is 0.381. The van der Waals surface area contributed by atoms with Gasteiger partial charge in [-0.05, 0) is 80.6 Å².